The first kappa shape index (κ1) is 21.5. The Morgan fingerprint density at radius 2 is 1.97 bits per heavy atom. The number of ether oxygens (including phenoxy) is 2. The molecule has 0 atom stereocenters. The van der Waals surface area contributed by atoms with E-state index >= 15 is 0 Å². The Bertz CT molecular complexity index is 1160. The Morgan fingerprint density at radius 1 is 1.12 bits per heavy atom. The van der Waals surface area contributed by atoms with Crippen LogP contribution in [0.2, 0.25) is 0 Å². The van der Waals surface area contributed by atoms with Gasteiger partial charge in [-0.25, -0.2) is 5.01 Å². The molecule has 2 heterocycles. The van der Waals surface area contributed by atoms with Crippen LogP contribution in [-0.2, 0) is 6.54 Å². The summed E-state index contributed by atoms with van der Waals surface area (Å²) in [4.78, 5) is 24.7. The molecule has 1 N–H and O–H groups in total. The number of rotatable bonds is 7. The van der Waals surface area contributed by atoms with Gasteiger partial charge in [-0.15, -0.1) is 0 Å². The SMILES string of the molecule is COc1ccc(C2=NN(Cc3cccc(NC(=O)c4ccco4)c3)C(=O)SC2)cc1OC. The molecular formula is C23H21N3O5S. The van der Waals surface area contributed by atoms with Gasteiger partial charge in [0, 0.05) is 17.0 Å². The van der Waals surface area contributed by atoms with Gasteiger partial charge in [-0.3, -0.25) is 9.59 Å². The van der Waals surface area contributed by atoms with Gasteiger partial charge in [0.1, 0.15) is 0 Å². The minimum Gasteiger partial charge on any atom is -0.493 e. The second kappa shape index (κ2) is 9.61. The highest BCUT2D eigenvalue weighted by atomic mass is 32.2. The number of nitrogens with one attached hydrogen (secondary N) is 1. The third-order valence-corrected chi connectivity index (χ3v) is 5.64. The van der Waals surface area contributed by atoms with E-state index in [4.69, 9.17) is 13.9 Å². The lowest BCUT2D eigenvalue weighted by Crippen LogP contribution is -2.29. The standard InChI is InChI=1S/C23H21N3O5S/c1-29-19-9-8-16(12-21(19)30-2)18-14-32-23(28)26(25-18)13-15-5-3-6-17(11-15)24-22(27)20-7-4-10-31-20/h3-12H,13-14H2,1-2H3,(H,24,27). The molecule has 4 rings (SSSR count). The van der Waals surface area contributed by atoms with Crippen LogP contribution in [0.25, 0.3) is 0 Å². The maximum absolute atomic E-state index is 12.5. The summed E-state index contributed by atoms with van der Waals surface area (Å²) in [5, 5.41) is 8.64. The highest BCUT2D eigenvalue weighted by Gasteiger charge is 2.23. The summed E-state index contributed by atoms with van der Waals surface area (Å²) in [6.07, 6.45) is 1.44. The molecule has 9 heteroatoms. The topological polar surface area (TPSA) is 93.4 Å². The zero-order valence-electron chi connectivity index (χ0n) is 17.5. The smallest absolute Gasteiger partial charge is 0.302 e. The summed E-state index contributed by atoms with van der Waals surface area (Å²) in [6, 6.07) is 16.1. The maximum Gasteiger partial charge on any atom is 0.302 e. The molecule has 0 spiro atoms. The lowest BCUT2D eigenvalue weighted by Gasteiger charge is -2.23. The lowest BCUT2D eigenvalue weighted by molar-refractivity contribution is 0.0996. The molecule has 0 saturated heterocycles. The number of hydrogen-bond donors (Lipinski definition) is 1. The molecule has 164 valence electrons. The van der Waals surface area contributed by atoms with Crippen molar-refractivity contribution in [2.45, 2.75) is 6.54 Å². The van der Waals surface area contributed by atoms with Crippen molar-refractivity contribution in [2.75, 3.05) is 25.3 Å². The Labute approximate surface area is 189 Å². The Kier molecular flexibility index (Phi) is 6.46. The first-order chi connectivity index (χ1) is 15.6. The molecule has 1 aliphatic heterocycles. The molecule has 1 aliphatic rings. The van der Waals surface area contributed by atoms with Gasteiger partial charge in [-0.05, 0) is 48.0 Å². The van der Waals surface area contributed by atoms with Crippen molar-refractivity contribution < 1.29 is 23.5 Å². The predicted octanol–water partition coefficient (Wildman–Crippen LogP) is 4.62. The van der Waals surface area contributed by atoms with E-state index in [2.05, 4.69) is 10.4 Å². The number of hydrogen-bond acceptors (Lipinski definition) is 7. The molecule has 0 unspecified atom stereocenters. The van der Waals surface area contributed by atoms with E-state index in [1.165, 1.54) is 23.0 Å². The van der Waals surface area contributed by atoms with Crippen LogP contribution < -0.4 is 14.8 Å². The number of hydrazone groups is 1. The molecule has 1 aromatic heterocycles. The van der Waals surface area contributed by atoms with Crippen LogP contribution in [0.4, 0.5) is 10.5 Å². The fourth-order valence-corrected chi connectivity index (χ4v) is 3.94. The summed E-state index contributed by atoms with van der Waals surface area (Å²) in [5.41, 5.74) is 3.04. The van der Waals surface area contributed by atoms with Gasteiger partial charge in [-0.2, -0.15) is 5.10 Å². The largest absolute Gasteiger partial charge is 0.493 e. The molecule has 2 aromatic carbocycles. The Morgan fingerprint density at radius 3 is 2.72 bits per heavy atom. The average Bonchev–Trinajstić information content (AvgIpc) is 3.35. The highest BCUT2D eigenvalue weighted by molar-refractivity contribution is 8.14. The van der Waals surface area contributed by atoms with Gasteiger partial charge in [0.25, 0.3) is 5.91 Å². The fraction of sp³-hybridized carbons (Fsp3) is 0.174. The average molecular weight is 452 g/mol. The summed E-state index contributed by atoms with van der Waals surface area (Å²) in [6.45, 7) is 0.271. The van der Waals surface area contributed by atoms with Crippen LogP contribution in [0.1, 0.15) is 21.7 Å². The number of thioether (sulfide) groups is 1. The molecular weight excluding hydrogens is 430 g/mol. The molecule has 8 nitrogen and oxygen atoms in total. The zero-order valence-corrected chi connectivity index (χ0v) is 18.3. The van der Waals surface area contributed by atoms with Crippen molar-refractivity contribution in [3.8, 4) is 11.5 Å². The van der Waals surface area contributed by atoms with E-state index in [0.717, 1.165) is 16.8 Å². The number of nitrogens with zero attached hydrogens (tertiary/aromatic N) is 2. The van der Waals surface area contributed by atoms with Crippen LogP contribution in [0.5, 0.6) is 11.5 Å². The minimum atomic E-state index is -0.342. The van der Waals surface area contributed by atoms with Crippen molar-refractivity contribution in [1.29, 1.82) is 0 Å². The van der Waals surface area contributed by atoms with Crippen LogP contribution >= 0.6 is 11.8 Å². The number of anilines is 1. The van der Waals surface area contributed by atoms with E-state index in [9.17, 15) is 9.59 Å². The summed E-state index contributed by atoms with van der Waals surface area (Å²) >= 11 is 1.19. The van der Waals surface area contributed by atoms with Crippen LogP contribution in [0, 0.1) is 0 Å². The third kappa shape index (κ3) is 4.78. The molecule has 0 aliphatic carbocycles. The number of carbonyl (C=O) groups is 2. The Balaban J connectivity index is 1.52. The van der Waals surface area contributed by atoms with Gasteiger partial charge in [0.15, 0.2) is 17.3 Å². The Hall–Kier alpha value is -3.72. The lowest BCUT2D eigenvalue weighted by atomic mass is 10.1. The third-order valence-electron chi connectivity index (χ3n) is 4.76. The quantitative estimate of drug-likeness (QED) is 0.563. The highest BCUT2D eigenvalue weighted by Crippen LogP contribution is 2.30. The van der Waals surface area contributed by atoms with Crippen LogP contribution in [0.15, 0.2) is 70.4 Å². The van der Waals surface area contributed by atoms with E-state index in [0.29, 0.717) is 22.9 Å². The maximum atomic E-state index is 12.5. The molecule has 3 aromatic rings. The van der Waals surface area contributed by atoms with E-state index < -0.39 is 0 Å². The van der Waals surface area contributed by atoms with Crippen molar-refractivity contribution in [3.63, 3.8) is 0 Å². The van der Waals surface area contributed by atoms with E-state index in [-0.39, 0.29) is 23.5 Å². The molecule has 2 amide bonds. The van der Waals surface area contributed by atoms with Gasteiger partial charge in [-0.1, -0.05) is 23.9 Å². The molecule has 0 fully saturated rings. The van der Waals surface area contributed by atoms with E-state index in [1.807, 2.05) is 30.3 Å². The van der Waals surface area contributed by atoms with Gasteiger partial charge in [0.2, 0.25) is 0 Å². The number of furan rings is 1. The summed E-state index contributed by atoms with van der Waals surface area (Å²) < 4.78 is 15.8. The first-order valence-corrected chi connectivity index (χ1v) is 10.7. The van der Waals surface area contributed by atoms with Crippen molar-refractivity contribution in [2.24, 2.45) is 5.10 Å². The molecule has 32 heavy (non-hydrogen) atoms. The molecule has 0 bridgehead atoms. The fourth-order valence-electron chi connectivity index (χ4n) is 3.20. The summed E-state index contributed by atoms with van der Waals surface area (Å²) in [5.74, 6) is 1.57. The number of benzene rings is 2. The van der Waals surface area contributed by atoms with Crippen molar-refractivity contribution in [1.82, 2.24) is 5.01 Å². The zero-order chi connectivity index (χ0) is 22.5. The predicted molar refractivity (Wildman–Crippen MR) is 123 cm³/mol. The summed E-state index contributed by atoms with van der Waals surface area (Å²) in [7, 11) is 3.16. The minimum absolute atomic E-state index is 0.140. The molecule has 0 saturated carbocycles. The van der Waals surface area contributed by atoms with Crippen molar-refractivity contribution in [3.05, 3.63) is 77.7 Å². The van der Waals surface area contributed by atoms with E-state index in [1.54, 1.807) is 38.5 Å². The molecule has 0 radical (unpaired) electrons. The number of carbonyl (C=O) groups excluding carboxylic acids is 2. The second-order valence-electron chi connectivity index (χ2n) is 6.86. The first-order valence-electron chi connectivity index (χ1n) is 9.75. The van der Waals surface area contributed by atoms with Crippen molar-refractivity contribution >= 4 is 34.3 Å². The van der Waals surface area contributed by atoms with Gasteiger partial charge < -0.3 is 19.2 Å². The van der Waals surface area contributed by atoms with Gasteiger partial charge in [0.05, 0.1) is 32.7 Å². The van der Waals surface area contributed by atoms with Crippen LogP contribution in [0.3, 0.4) is 0 Å². The number of amides is 2. The monoisotopic (exact) mass is 451 g/mol. The normalized spacial score (nSPS) is 13.5. The number of methoxy groups -OCH3 is 2. The van der Waals surface area contributed by atoms with Gasteiger partial charge >= 0.3 is 5.24 Å². The van der Waals surface area contributed by atoms with Crippen LogP contribution in [-0.4, -0.2) is 41.8 Å². The second-order valence-corrected chi connectivity index (χ2v) is 7.79.